The van der Waals surface area contributed by atoms with E-state index in [0.29, 0.717) is 17.9 Å². The topological polar surface area (TPSA) is 37.3 Å². The lowest BCUT2D eigenvalue weighted by Crippen LogP contribution is -2.12. The fourth-order valence-corrected chi connectivity index (χ4v) is 2.59. The molecule has 1 aliphatic carbocycles. The first-order chi connectivity index (χ1) is 8.88. The van der Waals surface area contributed by atoms with Gasteiger partial charge in [0.25, 0.3) is 0 Å². The summed E-state index contributed by atoms with van der Waals surface area (Å²) in [5, 5.41) is 8.95. The number of carboxylic acid groups (broad SMARTS) is 1. The zero-order valence-corrected chi connectivity index (χ0v) is 11.9. The van der Waals surface area contributed by atoms with Crippen LogP contribution in [0.2, 0.25) is 0 Å². The second-order valence-corrected chi connectivity index (χ2v) is 6.38. The first-order valence-corrected chi connectivity index (χ1v) is 6.90. The zero-order chi connectivity index (χ0) is 14.0. The molecule has 0 fully saturated rings. The molecule has 102 valence electrons. The van der Waals surface area contributed by atoms with E-state index < -0.39 is 5.97 Å². The van der Waals surface area contributed by atoms with Gasteiger partial charge in [-0.05, 0) is 41.7 Å². The smallest absolute Gasteiger partial charge is 0.331 e. The maximum atomic E-state index is 10.9. The van der Waals surface area contributed by atoms with E-state index in [2.05, 4.69) is 45.0 Å². The Balaban J connectivity index is 2.11. The van der Waals surface area contributed by atoms with Gasteiger partial charge in [-0.3, -0.25) is 0 Å². The molecule has 2 nitrogen and oxygen atoms in total. The third-order valence-corrected chi connectivity index (χ3v) is 3.93. The van der Waals surface area contributed by atoms with Crippen molar-refractivity contribution in [3.05, 3.63) is 47.0 Å². The average molecular weight is 258 g/mol. The molecular weight excluding hydrogens is 236 g/mol. The van der Waals surface area contributed by atoms with Gasteiger partial charge in [-0.2, -0.15) is 0 Å². The number of carbonyl (C=O) groups is 1. The lowest BCUT2D eigenvalue weighted by atomic mass is 9.82. The third-order valence-electron chi connectivity index (χ3n) is 3.93. The molecule has 0 saturated carbocycles. The van der Waals surface area contributed by atoms with Crippen LogP contribution in [0.3, 0.4) is 0 Å². The summed E-state index contributed by atoms with van der Waals surface area (Å²) < 4.78 is 0. The van der Waals surface area contributed by atoms with Gasteiger partial charge in [0.05, 0.1) is 0 Å². The molecule has 2 heteroatoms. The van der Waals surface area contributed by atoms with Crippen LogP contribution in [0.5, 0.6) is 0 Å². The molecule has 2 rings (SSSR count). The lowest BCUT2D eigenvalue weighted by molar-refractivity contribution is -0.132. The monoisotopic (exact) mass is 258 g/mol. The van der Waals surface area contributed by atoms with Crippen molar-refractivity contribution in [1.82, 2.24) is 0 Å². The van der Waals surface area contributed by atoms with Crippen LogP contribution in [0.15, 0.2) is 35.9 Å². The van der Waals surface area contributed by atoms with Crippen LogP contribution >= 0.6 is 0 Å². The molecule has 19 heavy (non-hydrogen) atoms. The molecular formula is C17H22O2. The summed E-state index contributed by atoms with van der Waals surface area (Å²) >= 11 is 0. The van der Waals surface area contributed by atoms with E-state index in [-0.39, 0.29) is 5.41 Å². The van der Waals surface area contributed by atoms with E-state index in [9.17, 15) is 4.79 Å². The van der Waals surface area contributed by atoms with Crippen molar-refractivity contribution in [1.29, 1.82) is 0 Å². The van der Waals surface area contributed by atoms with Crippen LogP contribution in [0.25, 0.3) is 0 Å². The van der Waals surface area contributed by atoms with Crippen molar-refractivity contribution in [3.8, 4) is 0 Å². The van der Waals surface area contributed by atoms with Crippen molar-refractivity contribution in [2.45, 2.75) is 51.4 Å². The minimum Gasteiger partial charge on any atom is -0.478 e. The van der Waals surface area contributed by atoms with Gasteiger partial charge in [0.1, 0.15) is 0 Å². The Hall–Kier alpha value is -1.57. The standard InChI is InChI=1S/C17H22O2/c1-17(2,3)15-10-8-13(9-11-15)12-4-6-14(7-5-12)16(18)19/h6,8-12H,4-5,7H2,1-3H3,(H,18,19). The summed E-state index contributed by atoms with van der Waals surface area (Å²) in [6, 6.07) is 8.80. The van der Waals surface area contributed by atoms with Crippen molar-refractivity contribution >= 4 is 5.97 Å². The second-order valence-electron chi connectivity index (χ2n) is 6.38. The summed E-state index contributed by atoms with van der Waals surface area (Å²) in [5.41, 5.74) is 3.42. The van der Waals surface area contributed by atoms with Crippen LogP contribution in [-0.4, -0.2) is 11.1 Å². The number of carboxylic acids is 1. The maximum Gasteiger partial charge on any atom is 0.331 e. The normalized spacial score (nSPS) is 19.9. The largest absolute Gasteiger partial charge is 0.478 e. The van der Waals surface area contributed by atoms with Gasteiger partial charge in [-0.1, -0.05) is 51.1 Å². The summed E-state index contributed by atoms with van der Waals surface area (Å²) in [6.45, 7) is 6.64. The Labute approximate surface area is 115 Å². The van der Waals surface area contributed by atoms with Gasteiger partial charge >= 0.3 is 5.97 Å². The van der Waals surface area contributed by atoms with Crippen molar-refractivity contribution in [3.63, 3.8) is 0 Å². The SMILES string of the molecule is CC(C)(C)c1ccc(C2CC=C(C(=O)O)CC2)cc1. The highest BCUT2D eigenvalue weighted by molar-refractivity contribution is 5.86. The molecule has 1 N–H and O–H groups in total. The van der Waals surface area contributed by atoms with Crippen LogP contribution in [0.4, 0.5) is 0 Å². The fraction of sp³-hybridized carbons (Fsp3) is 0.471. The van der Waals surface area contributed by atoms with E-state index in [0.717, 1.165) is 12.8 Å². The Morgan fingerprint density at radius 2 is 1.84 bits per heavy atom. The molecule has 1 aromatic rings. The molecule has 1 unspecified atom stereocenters. The van der Waals surface area contributed by atoms with Gasteiger partial charge in [-0.25, -0.2) is 4.79 Å². The fourth-order valence-electron chi connectivity index (χ4n) is 2.59. The van der Waals surface area contributed by atoms with Crippen molar-refractivity contribution < 1.29 is 9.90 Å². The van der Waals surface area contributed by atoms with Gasteiger partial charge in [0, 0.05) is 5.57 Å². The molecule has 0 spiro atoms. The molecule has 0 amide bonds. The molecule has 0 saturated heterocycles. The second kappa shape index (κ2) is 5.20. The number of allylic oxidation sites excluding steroid dienone is 1. The predicted molar refractivity (Wildman–Crippen MR) is 77.5 cm³/mol. The quantitative estimate of drug-likeness (QED) is 0.860. The minimum absolute atomic E-state index is 0.182. The molecule has 0 radical (unpaired) electrons. The van der Waals surface area contributed by atoms with Gasteiger partial charge in [-0.15, -0.1) is 0 Å². The average Bonchev–Trinajstić information content (AvgIpc) is 2.38. The highest BCUT2D eigenvalue weighted by atomic mass is 16.4. The Morgan fingerprint density at radius 3 is 2.26 bits per heavy atom. The maximum absolute atomic E-state index is 10.9. The van der Waals surface area contributed by atoms with E-state index in [1.165, 1.54) is 11.1 Å². The third kappa shape index (κ3) is 3.25. The molecule has 1 aromatic carbocycles. The van der Waals surface area contributed by atoms with Gasteiger partial charge < -0.3 is 5.11 Å². The predicted octanol–water partition coefficient (Wildman–Crippen LogP) is 4.26. The number of aliphatic carboxylic acids is 1. The molecule has 0 heterocycles. The van der Waals surface area contributed by atoms with Gasteiger partial charge in [0.15, 0.2) is 0 Å². The number of hydrogen-bond donors (Lipinski definition) is 1. The van der Waals surface area contributed by atoms with Crippen LogP contribution in [-0.2, 0) is 10.2 Å². The first kappa shape index (κ1) is 13.9. The van der Waals surface area contributed by atoms with Crippen molar-refractivity contribution in [2.75, 3.05) is 0 Å². The summed E-state index contributed by atoms with van der Waals surface area (Å²) in [7, 11) is 0. The molecule has 0 aromatic heterocycles. The van der Waals surface area contributed by atoms with E-state index in [1.54, 1.807) is 0 Å². The van der Waals surface area contributed by atoms with Crippen molar-refractivity contribution in [2.24, 2.45) is 0 Å². The van der Waals surface area contributed by atoms with E-state index in [1.807, 2.05) is 6.08 Å². The Bertz CT molecular complexity index is 489. The lowest BCUT2D eigenvalue weighted by Gasteiger charge is -2.23. The summed E-state index contributed by atoms with van der Waals surface area (Å²) in [5.74, 6) is -0.293. The number of rotatable bonds is 2. The number of benzene rings is 1. The molecule has 0 bridgehead atoms. The van der Waals surface area contributed by atoms with Crippen LogP contribution < -0.4 is 0 Å². The molecule has 1 atom stereocenters. The molecule has 0 aliphatic heterocycles. The number of hydrogen-bond acceptors (Lipinski definition) is 1. The molecule has 1 aliphatic rings. The van der Waals surface area contributed by atoms with Crippen LogP contribution in [0, 0.1) is 0 Å². The highest BCUT2D eigenvalue weighted by Crippen LogP contribution is 2.33. The van der Waals surface area contributed by atoms with E-state index >= 15 is 0 Å². The summed E-state index contributed by atoms with van der Waals surface area (Å²) in [4.78, 5) is 10.9. The van der Waals surface area contributed by atoms with Crippen LogP contribution in [0.1, 0.15) is 57.1 Å². The van der Waals surface area contributed by atoms with Gasteiger partial charge in [0.2, 0.25) is 0 Å². The van der Waals surface area contributed by atoms with E-state index in [4.69, 9.17) is 5.11 Å². The Kier molecular flexibility index (Phi) is 3.79. The zero-order valence-electron chi connectivity index (χ0n) is 11.9. The highest BCUT2D eigenvalue weighted by Gasteiger charge is 2.20. The summed E-state index contributed by atoms with van der Waals surface area (Å²) in [6.07, 6.45) is 4.35. The Morgan fingerprint density at radius 1 is 1.21 bits per heavy atom. The first-order valence-electron chi connectivity index (χ1n) is 6.90. The minimum atomic E-state index is -0.762.